The monoisotopic (exact) mass is 282 g/mol. The Hall–Kier alpha value is -1.34. The van der Waals surface area contributed by atoms with Crippen LogP contribution in [0.4, 0.5) is 5.82 Å². The molecule has 2 aromatic rings. The number of amides is 1. The van der Waals surface area contributed by atoms with E-state index >= 15 is 0 Å². The second-order valence-corrected chi connectivity index (χ2v) is 6.23. The van der Waals surface area contributed by atoms with Crippen LogP contribution >= 0.6 is 23.1 Å². The standard InChI is InChI=1S/C11H14N4OS2/c1-6(10(16)15(2)3)18-11-13-8(12)7-4-5-17-9(7)14-11/h4-6H,1-3H3,(H2,12,13,14). The minimum atomic E-state index is -0.225. The number of aromatic nitrogens is 2. The van der Waals surface area contributed by atoms with Crippen LogP contribution in [0.15, 0.2) is 16.6 Å². The van der Waals surface area contributed by atoms with Gasteiger partial charge in [0, 0.05) is 14.1 Å². The number of thioether (sulfide) groups is 1. The smallest absolute Gasteiger partial charge is 0.235 e. The number of carbonyl (C=O) groups excluding carboxylic acids is 1. The fourth-order valence-corrected chi connectivity index (χ4v) is 3.24. The maximum atomic E-state index is 11.8. The molecule has 96 valence electrons. The zero-order valence-electron chi connectivity index (χ0n) is 10.4. The molecule has 0 bridgehead atoms. The van der Waals surface area contributed by atoms with E-state index in [9.17, 15) is 4.79 Å². The van der Waals surface area contributed by atoms with Crippen LogP contribution in [0.5, 0.6) is 0 Å². The van der Waals surface area contributed by atoms with Crippen LogP contribution < -0.4 is 5.73 Å². The molecule has 0 saturated heterocycles. The molecule has 2 rings (SSSR count). The van der Waals surface area contributed by atoms with Crippen molar-refractivity contribution < 1.29 is 4.79 Å². The summed E-state index contributed by atoms with van der Waals surface area (Å²) in [6.07, 6.45) is 0. The van der Waals surface area contributed by atoms with E-state index in [0.717, 1.165) is 10.2 Å². The molecule has 7 heteroatoms. The summed E-state index contributed by atoms with van der Waals surface area (Å²) in [6.45, 7) is 1.84. The molecule has 2 aromatic heterocycles. The Bertz CT molecular complexity index is 581. The minimum Gasteiger partial charge on any atom is -0.383 e. The summed E-state index contributed by atoms with van der Waals surface area (Å²) in [4.78, 5) is 22.8. The second kappa shape index (κ2) is 5.11. The number of fused-ring (bicyclic) bond motifs is 1. The van der Waals surface area contributed by atoms with Crippen LogP contribution in [0.25, 0.3) is 10.2 Å². The van der Waals surface area contributed by atoms with Crippen LogP contribution in [0.2, 0.25) is 0 Å². The number of anilines is 1. The number of rotatable bonds is 3. The highest BCUT2D eigenvalue weighted by Gasteiger charge is 2.18. The maximum absolute atomic E-state index is 11.8. The van der Waals surface area contributed by atoms with Crippen molar-refractivity contribution in [3.63, 3.8) is 0 Å². The van der Waals surface area contributed by atoms with Gasteiger partial charge < -0.3 is 10.6 Å². The lowest BCUT2D eigenvalue weighted by Gasteiger charge is -2.15. The molecule has 5 nitrogen and oxygen atoms in total. The molecule has 1 unspecified atom stereocenters. The lowest BCUT2D eigenvalue weighted by molar-refractivity contribution is -0.127. The molecule has 1 atom stereocenters. The van der Waals surface area contributed by atoms with Crippen LogP contribution in [0.3, 0.4) is 0 Å². The first kappa shape index (κ1) is 13.1. The number of nitrogens with two attached hydrogens (primary N) is 1. The lowest BCUT2D eigenvalue weighted by Crippen LogP contribution is -2.29. The van der Waals surface area contributed by atoms with Gasteiger partial charge in [-0.1, -0.05) is 11.8 Å². The van der Waals surface area contributed by atoms with Crippen LogP contribution in [-0.2, 0) is 4.79 Å². The average molecular weight is 282 g/mol. The SMILES string of the molecule is CC(Sc1nc(N)c2ccsc2n1)C(=O)N(C)C. The predicted molar refractivity (Wildman–Crippen MR) is 75.8 cm³/mol. The van der Waals surface area contributed by atoms with Crippen molar-refractivity contribution in [2.75, 3.05) is 19.8 Å². The highest BCUT2D eigenvalue weighted by atomic mass is 32.2. The van der Waals surface area contributed by atoms with E-state index in [0.29, 0.717) is 11.0 Å². The Labute approximate surface area is 113 Å². The van der Waals surface area contributed by atoms with E-state index in [2.05, 4.69) is 9.97 Å². The molecular formula is C11H14N4OS2. The van der Waals surface area contributed by atoms with Gasteiger partial charge in [0.05, 0.1) is 10.6 Å². The van der Waals surface area contributed by atoms with Gasteiger partial charge in [-0.3, -0.25) is 4.79 Å². The van der Waals surface area contributed by atoms with Crippen molar-refractivity contribution in [3.8, 4) is 0 Å². The van der Waals surface area contributed by atoms with Crippen LogP contribution in [-0.4, -0.2) is 40.1 Å². The Morgan fingerprint density at radius 1 is 1.50 bits per heavy atom. The number of thiophene rings is 1. The van der Waals surface area contributed by atoms with Gasteiger partial charge in [0.15, 0.2) is 5.16 Å². The third kappa shape index (κ3) is 2.56. The van der Waals surface area contributed by atoms with E-state index in [1.165, 1.54) is 23.1 Å². The Morgan fingerprint density at radius 3 is 2.89 bits per heavy atom. The topological polar surface area (TPSA) is 72.1 Å². The third-order valence-electron chi connectivity index (χ3n) is 2.40. The molecular weight excluding hydrogens is 268 g/mol. The summed E-state index contributed by atoms with van der Waals surface area (Å²) in [7, 11) is 3.47. The molecule has 2 N–H and O–H groups in total. The van der Waals surface area contributed by atoms with Crippen molar-refractivity contribution in [3.05, 3.63) is 11.4 Å². The highest BCUT2D eigenvalue weighted by Crippen LogP contribution is 2.28. The summed E-state index contributed by atoms with van der Waals surface area (Å²) in [5, 5.41) is 3.12. The van der Waals surface area contributed by atoms with Gasteiger partial charge in [0.1, 0.15) is 10.6 Å². The molecule has 0 spiro atoms. The van der Waals surface area contributed by atoms with E-state index < -0.39 is 0 Å². The van der Waals surface area contributed by atoms with Crippen molar-refractivity contribution in [1.82, 2.24) is 14.9 Å². The summed E-state index contributed by atoms with van der Waals surface area (Å²) in [5.41, 5.74) is 5.86. The molecule has 0 aliphatic rings. The molecule has 0 saturated carbocycles. The summed E-state index contributed by atoms with van der Waals surface area (Å²) in [5.74, 6) is 0.502. The van der Waals surface area contributed by atoms with Gasteiger partial charge in [-0.2, -0.15) is 0 Å². The number of nitrogen functional groups attached to an aromatic ring is 1. The largest absolute Gasteiger partial charge is 0.383 e. The second-order valence-electron chi connectivity index (χ2n) is 4.02. The lowest BCUT2D eigenvalue weighted by atomic mass is 10.4. The van der Waals surface area contributed by atoms with E-state index in [1.54, 1.807) is 19.0 Å². The van der Waals surface area contributed by atoms with E-state index in [1.807, 2.05) is 18.4 Å². The molecule has 0 radical (unpaired) electrons. The summed E-state index contributed by atoms with van der Waals surface area (Å²) in [6, 6.07) is 1.90. The number of hydrogen-bond acceptors (Lipinski definition) is 6. The molecule has 18 heavy (non-hydrogen) atoms. The zero-order chi connectivity index (χ0) is 13.3. The van der Waals surface area contributed by atoms with Gasteiger partial charge in [-0.25, -0.2) is 9.97 Å². The minimum absolute atomic E-state index is 0.0356. The van der Waals surface area contributed by atoms with Crippen LogP contribution in [0.1, 0.15) is 6.92 Å². The van der Waals surface area contributed by atoms with Gasteiger partial charge in [-0.15, -0.1) is 11.3 Å². The van der Waals surface area contributed by atoms with Crippen molar-refractivity contribution in [1.29, 1.82) is 0 Å². The molecule has 0 fully saturated rings. The first-order valence-electron chi connectivity index (χ1n) is 5.37. The molecule has 0 aliphatic heterocycles. The van der Waals surface area contributed by atoms with Gasteiger partial charge in [0.2, 0.25) is 5.91 Å². The number of hydrogen-bond donors (Lipinski definition) is 1. The molecule has 0 aromatic carbocycles. The van der Waals surface area contributed by atoms with Gasteiger partial charge >= 0.3 is 0 Å². The van der Waals surface area contributed by atoms with E-state index in [-0.39, 0.29) is 11.2 Å². The number of nitrogens with zero attached hydrogens (tertiary/aromatic N) is 3. The quantitative estimate of drug-likeness (QED) is 0.687. The Balaban J connectivity index is 2.24. The average Bonchev–Trinajstić information content (AvgIpc) is 2.76. The van der Waals surface area contributed by atoms with Crippen molar-refractivity contribution in [2.24, 2.45) is 0 Å². The normalized spacial score (nSPS) is 12.6. The van der Waals surface area contributed by atoms with Gasteiger partial charge in [-0.05, 0) is 18.4 Å². The molecule has 1 amide bonds. The highest BCUT2D eigenvalue weighted by molar-refractivity contribution is 8.00. The zero-order valence-corrected chi connectivity index (χ0v) is 12.0. The Kier molecular flexibility index (Phi) is 3.72. The van der Waals surface area contributed by atoms with Gasteiger partial charge in [0.25, 0.3) is 0 Å². The van der Waals surface area contributed by atoms with Crippen molar-refractivity contribution in [2.45, 2.75) is 17.3 Å². The summed E-state index contributed by atoms with van der Waals surface area (Å²) >= 11 is 2.84. The first-order valence-corrected chi connectivity index (χ1v) is 7.13. The van der Waals surface area contributed by atoms with Crippen molar-refractivity contribution >= 4 is 45.0 Å². The maximum Gasteiger partial charge on any atom is 0.235 e. The molecule has 0 aliphatic carbocycles. The predicted octanol–water partition coefficient (Wildman–Crippen LogP) is 1.84. The number of carbonyl (C=O) groups is 1. The fraction of sp³-hybridized carbons (Fsp3) is 0.364. The first-order chi connectivity index (χ1) is 8.49. The van der Waals surface area contributed by atoms with E-state index in [4.69, 9.17) is 5.73 Å². The van der Waals surface area contributed by atoms with Crippen LogP contribution in [0, 0.1) is 0 Å². The molecule has 2 heterocycles. The third-order valence-corrected chi connectivity index (χ3v) is 4.16. The Morgan fingerprint density at radius 2 is 2.22 bits per heavy atom. The summed E-state index contributed by atoms with van der Waals surface area (Å²) < 4.78 is 0. The fourth-order valence-electron chi connectivity index (χ4n) is 1.48.